The molecule has 0 atom stereocenters. The van der Waals surface area contributed by atoms with Crippen LogP contribution in [0.15, 0.2) is 33.6 Å². The molecule has 0 radical (unpaired) electrons. The van der Waals surface area contributed by atoms with Crippen molar-refractivity contribution in [3.63, 3.8) is 0 Å². The molecule has 112 valence electrons. The van der Waals surface area contributed by atoms with Gasteiger partial charge in [-0.3, -0.25) is 0 Å². The molecule has 2 aliphatic carbocycles. The molecule has 21 heavy (non-hydrogen) atoms. The lowest BCUT2D eigenvalue weighted by Crippen LogP contribution is -2.56. The quantitative estimate of drug-likeness (QED) is 0.785. The van der Waals surface area contributed by atoms with E-state index in [0.29, 0.717) is 12.8 Å². The van der Waals surface area contributed by atoms with Gasteiger partial charge in [-0.25, -0.2) is 8.42 Å². The number of nitrogens with zero attached hydrogens (tertiary/aromatic N) is 1. The van der Waals surface area contributed by atoms with Crippen LogP contribution in [0, 0.1) is 16.7 Å². The average Bonchev–Trinajstić information content (AvgIpc) is 2.45. The number of hydrogen-bond donors (Lipinski definition) is 0. The highest BCUT2D eigenvalue weighted by molar-refractivity contribution is 9.10. The van der Waals surface area contributed by atoms with E-state index in [4.69, 9.17) is 0 Å². The molecule has 0 unspecified atom stereocenters. The van der Waals surface area contributed by atoms with Crippen molar-refractivity contribution in [2.45, 2.75) is 54.6 Å². The van der Waals surface area contributed by atoms with E-state index >= 15 is 0 Å². The van der Waals surface area contributed by atoms with E-state index in [0.717, 1.165) is 17.3 Å². The van der Waals surface area contributed by atoms with Gasteiger partial charge in [0, 0.05) is 4.47 Å². The Hall–Kier alpha value is -0.860. The van der Waals surface area contributed by atoms with Crippen molar-refractivity contribution in [3.8, 4) is 6.07 Å². The molecular weight excluding hydrogens is 350 g/mol. The highest BCUT2D eigenvalue weighted by Gasteiger charge is 2.62. The van der Waals surface area contributed by atoms with Gasteiger partial charge < -0.3 is 0 Å². The van der Waals surface area contributed by atoms with Crippen LogP contribution in [0.4, 0.5) is 0 Å². The van der Waals surface area contributed by atoms with E-state index < -0.39 is 14.6 Å². The largest absolute Gasteiger partial charge is 0.222 e. The van der Waals surface area contributed by atoms with Gasteiger partial charge in [-0.1, -0.05) is 35.2 Å². The Bertz CT molecular complexity index is 674. The first-order valence-electron chi connectivity index (χ1n) is 7.35. The fourth-order valence-electron chi connectivity index (χ4n) is 3.98. The first kappa shape index (κ1) is 15.1. The second kappa shape index (κ2) is 5.10. The van der Waals surface area contributed by atoms with E-state index in [1.165, 1.54) is 19.3 Å². The lowest BCUT2D eigenvalue weighted by Gasteiger charge is -2.54. The first-order valence-corrected chi connectivity index (χ1v) is 9.62. The van der Waals surface area contributed by atoms with E-state index in [9.17, 15) is 13.7 Å². The predicted octanol–water partition coefficient (Wildman–Crippen LogP) is 4.23. The fraction of sp³-hybridized carbons (Fsp3) is 0.562. The van der Waals surface area contributed by atoms with Gasteiger partial charge in [0.2, 0.25) is 0 Å². The van der Waals surface area contributed by atoms with Crippen molar-refractivity contribution in [1.29, 1.82) is 5.26 Å². The van der Waals surface area contributed by atoms with Gasteiger partial charge in [0.25, 0.3) is 0 Å². The summed E-state index contributed by atoms with van der Waals surface area (Å²) in [6.45, 7) is 0. The second-order valence-corrected chi connectivity index (χ2v) is 9.65. The van der Waals surface area contributed by atoms with Crippen molar-refractivity contribution >= 4 is 25.8 Å². The minimum atomic E-state index is -3.59. The lowest BCUT2D eigenvalue weighted by molar-refractivity contribution is 0.0548. The summed E-state index contributed by atoms with van der Waals surface area (Å²) in [7, 11) is -3.59. The molecule has 3 nitrogen and oxygen atoms in total. The number of hydrogen-bond acceptors (Lipinski definition) is 3. The SMILES string of the molecule is N#CC1(S(=O)(=O)c2ccc(Br)cc2)CC2(CCCCC2)C1. The summed E-state index contributed by atoms with van der Waals surface area (Å²) >= 11 is 3.31. The van der Waals surface area contributed by atoms with Crippen molar-refractivity contribution in [2.75, 3.05) is 0 Å². The highest BCUT2D eigenvalue weighted by atomic mass is 79.9. The number of nitriles is 1. The molecule has 0 bridgehead atoms. The first-order chi connectivity index (χ1) is 9.93. The average molecular weight is 368 g/mol. The number of halogens is 1. The molecule has 0 amide bonds. The number of benzene rings is 1. The normalized spacial score (nSPS) is 23.2. The summed E-state index contributed by atoms with van der Waals surface area (Å²) in [6.07, 6.45) is 6.74. The monoisotopic (exact) mass is 367 g/mol. The van der Waals surface area contributed by atoms with Gasteiger partial charge in [0.1, 0.15) is 0 Å². The van der Waals surface area contributed by atoms with E-state index in [2.05, 4.69) is 22.0 Å². The third-order valence-corrected chi connectivity index (χ3v) is 7.91. The maximum Gasteiger partial charge on any atom is 0.197 e. The Balaban J connectivity index is 1.91. The third-order valence-electron chi connectivity index (χ3n) is 5.08. The fourth-order valence-corrected chi connectivity index (χ4v) is 6.31. The van der Waals surface area contributed by atoms with E-state index in [-0.39, 0.29) is 10.3 Å². The summed E-state index contributed by atoms with van der Waals surface area (Å²) in [4.78, 5) is 0.262. The third kappa shape index (κ3) is 2.33. The van der Waals surface area contributed by atoms with Gasteiger partial charge in [-0.2, -0.15) is 5.26 Å². The molecule has 0 heterocycles. The molecular formula is C16H18BrNO2S. The van der Waals surface area contributed by atoms with Crippen LogP contribution in [0.3, 0.4) is 0 Å². The zero-order chi connectivity index (χ0) is 15.1. The van der Waals surface area contributed by atoms with Gasteiger partial charge in [0.05, 0.1) is 11.0 Å². The van der Waals surface area contributed by atoms with Crippen LogP contribution in [0.1, 0.15) is 44.9 Å². The summed E-state index contributed by atoms with van der Waals surface area (Å²) in [5.41, 5.74) is 0.108. The molecule has 5 heteroatoms. The van der Waals surface area contributed by atoms with Gasteiger partial charge in [0.15, 0.2) is 14.6 Å². The Morgan fingerprint density at radius 2 is 1.62 bits per heavy atom. The molecule has 1 aromatic carbocycles. The summed E-state index contributed by atoms with van der Waals surface area (Å²) < 4.78 is 25.4. The lowest BCUT2D eigenvalue weighted by atomic mass is 9.56. The maximum atomic E-state index is 12.9. The van der Waals surface area contributed by atoms with Crippen LogP contribution in [-0.4, -0.2) is 13.2 Å². The van der Waals surface area contributed by atoms with Crippen molar-refractivity contribution in [2.24, 2.45) is 5.41 Å². The second-order valence-electron chi connectivity index (χ2n) is 6.48. The zero-order valence-corrected chi connectivity index (χ0v) is 14.2. The Morgan fingerprint density at radius 1 is 1.05 bits per heavy atom. The molecule has 0 aromatic heterocycles. The molecule has 0 N–H and O–H groups in total. The van der Waals surface area contributed by atoms with Crippen LogP contribution in [-0.2, 0) is 9.84 Å². The number of sulfone groups is 1. The van der Waals surface area contributed by atoms with Gasteiger partial charge in [-0.05, 0) is 55.4 Å². The molecule has 1 aromatic rings. The van der Waals surface area contributed by atoms with Crippen molar-refractivity contribution in [3.05, 3.63) is 28.7 Å². The highest BCUT2D eigenvalue weighted by Crippen LogP contribution is 2.60. The van der Waals surface area contributed by atoms with Crippen molar-refractivity contribution < 1.29 is 8.42 Å². The van der Waals surface area contributed by atoms with Crippen LogP contribution in [0.2, 0.25) is 0 Å². The Morgan fingerprint density at radius 3 is 2.14 bits per heavy atom. The van der Waals surface area contributed by atoms with Gasteiger partial charge in [-0.15, -0.1) is 0 Å². The topological polar surface area (TPSA) is 57.9 Å². The molecule has 0 aliphatic heterocycles. The molecule has 3 rings (SSSR count). The molecule has 0 saturated heterocycles. The van der Waals surface area contributed by atoms with Crippen LogP contribution < -0.4 is 0 Å². The summed E-state index contributed by atoms with van der Waals surface area (Å²) in [5, 5.41) is 9.56. The molecule has 2 saturated carbocycles. The summed E-state index contributed by atoms with van der Waals surface area (Å²) in [6, 6.07) is 8.75. The number of rotatable bonds is 2. The smallest absolute Gasteiger partial charge is 0.197 e. The van der Waals surface area contributed by atoms with Gasteiger partial charge >= 0.3 is 0 Å². The van der Waals surface area contributed by atoms with Crippen LogP contribution in [0.25, 0.3) is 0 Å². The van der Waals surface area contributed by atoms with Crippen LogP contribution >= 0.6 is 15.9 Å². The molecule has 2 fully saturated rings. The Labute approximate surface area is 134 Å². The minimum absolute atomic E-state index is 0.108. The van der Waals surface area contributed by atoms with E-state index in [1.54, 1.807) is 24.3 Å². The Kier molecular flexibility index (Phi) is 3.66. The van der Waals surface area contributed by atoms with E-state index in [1.807, 2.05) is 0 Å². The van der Waals surface area contributed by atoms with Crippen LogP contribution in [0.5, 0.6) is 0 Å². The molecule has 1 spiro atoms. The maximum absolute atomic E-state index is 12.9. The predicted molar refractivity (Wildman–Crippen MR) is 84.4 cm³/mol. The molecule has 2 aliphatic rings. The standard InChI is InChI=1S/C16H18BrNO2S/c17-13-4-6-14(7-5-13)21(19,20)16(12-18)10-15(11-16)8-2-1-3-9-15/h4-7H,1-3,8-11H2. The minimum Gasteiger partial charge on any atom is -0.222 e. The summed E-state index contributed by atoms with van der Waals surface area (Å²) in [5.74, 6) is 0. The zero-order valence-electron chi connectivity index (χ0n) is 11.8. The van der Waals surface area contributed by atoms with Crippen molar-refractivity contribution in [1.82, 2.24) is 0 Å².